The van der Waals surface area contributed by atoms with Gasteiger partial charge in [0.1, 0.15) is 5.82 Å². The van der Waals surface area contributed by atoms with Crippen molar-refractivity contribution in [3.8, 4) is 0 Å². The van der Waals surface area contributed by atoms with Crippen molar-refractivity contribution in [3.63, 3.8) is 0 Å². The molecular formula is C36H54FNO. The van der Waals surface area contributed by atoms with Crippen molar-refractivity contribution in [1.82, 2.24) is 0 Å². The summed E-state index contributed by atoms with van der Waals surface area (Å²) in [5, 5.41) is 10.5. The summed E-state index contributed by atoms with van der Waals surface area (Å²) >= 11 is 0. The molecule has 0 radical (unpaired) electrons. The fourth-order valence-electron chi connectivity index (χ4n) is 4.87. The first-order valence-corrected chi connectivity index (χ1v) is 14.2. The zero-order chi connectivity index (χ0) is 30.2. The molecule has 2 aliphatic carbocycles. The summed E-state index contributed by atoms with van der Waals surface area (Å²) in [6.07, 6.45) is 9.43. The number of allylic oxidation sites excluding steroid dienone is 4. The van der Waals surface area contributed by atoms with Gasteiger partial charge in [-0.2, -0.15) is 0 Å². The predicted molar refractivity (Wildman–Crippen MR) is 170 cm³/mol. The molecule has 0 aromatic heterocycles. The van der Waals surface area contributed by atoms with Gasteiger partial charge in [-0.25, -0.2) is 4.39 Å². The van der Waals surface area contributed by atoms with Gasteiger partial charge in [0.05, 0.1) is 5.60 Å². The molecule has 1 fully saturated rings. The Morgan fingerprint density at radius 1 is 1.03 bits per heavy atom. The SMILES string of the molecule is C=CC1=C(C)C=C2CCC(C)(O)C2(C)C1.C=CN.CC.CCc1ccccc1C(C)C.Cc1ccc(F)cc1. The highest BCUT2D eigenvalue weighted by atomic mass is 19.1. The predicted octanol–water partition coefficient (Wildman–Crippen LogP) is 9.99. The van der Waals surface area contributed by atoms with E-state index >= 15 is 0 Å². The molecule has 0 bridgehead atoms. The second-order valence-electron chi connectivity index (χ2n) is 10.6. The van der Waals surface area contributed by atoms with Crippen molar-refractivity contribution in [3.05, 3.63) is 119 Å². The Labute approximate surface area is 239 Å². The summed E-state index contributed by atoms with van der Waals surface area (Å²) in [6.45, 7) is 25.9. The van der Waals surface area contributed by atoms with Crippen molar-refractivity contribution in [2.24, 2.45) is 11.1 Å². The van der Waals surface area contributed by atoms with Gasteiger partial charge in [0.25, 0.3) is 0 Å². The first-order valence-electron chi connectivity index (χ1n) is 14.2. The van der Waals surface area contributed by atoms with Gasteiger partial charge in [-0.3, -0.25) is 0 Å². The lowest BCUT2D eigenvalue weighted by atomic mass is 9.67. The molecule has 2 aliphatic rings. The average Bonchev–Trinajstić information content (AvgIpc) is 3.15. The van der Waals surface area contributed by atoms with E-state index in [2.05, 4.69) is 83.9 Å². The second-order valence-corrected chi connectivity index (χ2v) is 10.6. The normalized spacial score (nSPS) is 20.8. The highest BCUT2D eigenvalue weighted by Crippen LogP contribution is 2.56. The minimum Gasteiger partial charge on any atom is -0.405 e. The van der Waals surface area contributed by atoms with Crippen LogP contribution in [0.1, 0.15) is 97.3 Å². The van der Waals surface area contributed by atoms with Crippen molar-refractivity contribution in [1.29, 1.82) is 0 Å². The van der Waals surface area contributed by atoms with Crippen LogP contribution in [0.5, 0.6) is 0 Å². The van der Waals surface area contributed by atoms with Crippen molar-refractivity contribution < 1.29 is 9.50 Å². The van der Waals surface area contributed by atoms with Gasteiger partial charge in [0, 0.05) is 5.41 Å². The number of aliphatic hydroxyl groups is 1. The highest BCUT2D eigenvalue weighted by Gasteiger charge is 2.51. The quantitative estimate of drug-likeness (QED) is 0.411. The van der Waals surface area contributed by atoms with Crippen molar-refractivity contribution in [2.75, 3.05) is 0 Å². The van der Waals surface area contributed by atoms with E-state index in [-0.39, 0.29) is 11.2 Å². The minimum absolute atomic E-state index is 0.0734. The van der Waals surface area contributed by atoms with Gasteiger partial charge in [0.15, 0.2) is 0 Å². The third-order valence-electron chi connectivity index (χ3n) is 7.54. The van der Waals surface area contributed by atoms with Crippen LogP contribution in [0.25, 0.3) is 0 Å². The molecule has 0 aliphatic heterocycles. The van der Waals surface area contributed by atoms with Gasteiger partial charge < -0.3 is 10.8 Å². The molecule has 2 aromatic carbocycles. The fraction of sp³-hybridized carbons (Fsp3) is 0.444. The number of hydrogen-bond acceptors (Lipinski definition) is 2. The lowest BCUT2D eigenvalue weighted by Crippen LogP contribution is -2.40. The van der Waals surface area contributed by atoms with Gasteiger partial charge in [-0.05, 0) is 93.0 Å². The van der Waals surface area contributed by atoms with E-state index in [9.17, 15) is 9.50 Å². The zero-order valence-corrected chi connectivity index (χ0v) is 26.1. The Kier molecular flexibility index (Phi) is 16.3. The van der Waals surface area contributed by atoms with E-state index in [0.717, 1.165) is 31.2 Å². The molecule has 39 heavy (non-hydrogen) atoms. The number of nitrogens with two attached hydrogens (primary N) is 1. The van der Waals surface area contributed by atoms with Crippen LogP contribution in [-0.4, -0.2) is 10.7 Å². The molecule has 0 amide bonds. The smallest absolute Gasteiger partial charge is 0.123 e. The Hall–Kier alpha value is -2.91. The molecular weight excluding hydrogens is 481 g/mol. The molecule has 216 valence electrons. The van der Waals surface area contributed by atoms with Crippen LogP contribution < -0.4 is 5.73 Å². The molecule has 1 saturated carbocycles. The number of fused-ring (bicyclic) bond motifs is 1. The molecule has 2 atom stereocenters. The van der Waals surface area contributed by atoms with E-state index in [4.69, 9.17) is 0 Å². The summed E-state index contributed by atoms with van der Waals surface area (Å²) in [5.41, 5.74) is 12.1. The maximum atomic E-state index is 12.1. The number of halogens is 1. The van der Waals surface area contributed by atoms with Gasteiger partial charge in [0.2, 0.25) is 0 Å². The van der Waals surface area contributed by atoms with Crippen LogP contribution in [0, 0.1) is 18.2 Å². The van der Waals surface area contributed by atoms with Crippen LogP contribution in [-0.2, 0) is 6.42 Å². The molecule has 2 unspecified atom stereocenters. The Morgan fingerprint density at radius 3 is 2.00 bits per heavy atom. The molecule has 2 nitrogen and oxygen atoms in total. The molecule has 0 spiro atoms. The molecule has 4 rings (SSSR count). The van der Waals surface area contributed by atoms with Crippen LogP contribution in [0.2, 0.25) is 0 Å². The topological polar surface area (TPSA) is 46.2 Å². The zero-order valence-electron chi connectivity index (χ0n) is 26.1. The minimum atomic E-state index is -0.562. The summed E-state index contributed by atoms with van der Waals surface area (Å²) in [4.78, 5) is 0. The van der Waals surface area contributed by atoms with Crippen LogP contribution in [0.4, 0.5) is 4.39 Å². The first-order chi connectivity index (χ1) is 18.4. The third-order valence-corrected chi connectivity index (χ3v) is 7.54. The fourth-order valence-corrected chi connectivity index (χ4v) is 4.87. The lowest BCUT2D eigenvalue weighted by molar-refractivity contribution is -0.0220. The first kappa shape index (κ1) is 36.1. The van der Waals surface area contributed by atoms with Crippen LogP contribution in [0.15, 0.2) is 96.8 Å². The monoisotopic (exact) mass is 535 g/mol. The van der Waals surface area contributed by atoms with E-state index in [1.54, 1.807) is 12.1 Å². The molecule has 0 heterocycles. The summed E-state index contributed by atoms with van der Waals surface area (Å²) in [5.74, 6) is 0.488. The maximum Gasteiger partial charge on any atom is 0.123 e. The number of rotatable bonds is 3. The Bertz CT molecular complexity index is 1050. The standard InChI is InChI=1S/C14H20O.C11H16.C7H7F.C2H5N.C2H6/c1-5-11-9-13(3)12(8-10(11)2)6-7-14(13,4)15;1-4-10-7-5-6-8-11(10)9(2)3;1-6-2-4-7(8)5-3-6;1-2-3;1-2/h5,8,15H,1,6-7,9H2,2-4H3;5-9H,4H2,1-3H3;2-5H,1H3;2H,1,3H2;1-2H3. The van der Waals surface area contributed by atoms with Crippen LogP contribution >= 0.6 is 0 Å². The average molecular weight is 536 g/mol. The summed E-state index contributed by atoms with van der Waals surface area (Å²) < 4.78 is 12.1. The third kappa shape index (κ3) is 10.6. The highest BCUT2D eigenvalue weighted by molar-refractivity contribution is 5.44. The lowest BCUT2D eigenvalue weighted by Gasteiger charge is -2.40. The number of aryl methyl sites for hydroxylation is 2. The summed E-state index contributed by atoms with van der Waals surface area (Å²) in [6, 6.07) is 15.1. The van der Waals surface area contributed by atoms with Gasteiger partial charge in [-0.1, -0.05) is 114 Å². The summed E-state index contributed by atoms with van der Waals surface area (Å²) in [7, 11) is 0. The van der Waals surface area contributed by atoms with Crippen LogP contribution in [0.3, 0.4) is 0 Å². The molecule has 0 saturated heterocycles. The Morgan fingerprint density at radius 2 is 1.56 bits per heavy atom. The Balaban J connectivity index is 0.000000532. The number of hydrogen-bond donors (Lipinski definition) is 2. The van der Waals surface area contributed by atoms with Gasteiger partial charge in [-0.15, -0.1) is 0 Å². The van der Waals surface area contributed by atoms with E-state index in [0.29, 0.717) is 5.92 Å². The van der Waals surface area contributed by atoms with E-state index in [1.807, 2.05) is 33.8 Å². The van der Waals surface area contributed by atoms with Crippen molar-refractivity contribution >= 4 is 0 Å². The van der Waals surface area contributed by atoms with E-state index < -0.39 is 5.60 Å². The largest absolute Gasteiger partial charge is 0.405 e. The second kappa shape index (κ2) is 17.6. The van der Waals surface area contributed by atoms with Gasteiger partial charge >= 0.3 is 0 Å². The van der Waals surface area contributed by atoms with E-state index in [1.165, 1.54) is 46.2 Å². The molecule has 3 N–H and O–H groups in total. The van der Waals surface area contributed by atoms with Crippen molar-refractivity contribution in [2.45, 2.75) is 99.5 Å². The number of benzene rings is 2. The maximum absolute atomic E-state index is 12.1. The molecule has 3 heteroatoms. The molecule has 2 aromatic rings.